The largest absolute Gasteiger partial charge is 0.484 e. The Balaban J connectivity index is 1.58. The number of rotatable bonds is 7. The van der Waals surface area contributed by atoms with Gasteiger partial charge in [0.1, 0.15) is 12.4 Å². The molecule has 0 fully saturated rings. The van der Waals surface area contributed by atoms with Gasteiger partial charge in [0.2, 0.25) is 5.91 Å². The average Bonchev–Trinajstić information content (AvgIpc) is 3.03. The first-order chi connectivity index (χ1) is 13.8. The van der Waals surface area contributed by atoms with Crippen molar-refractivity contribution < 1.29 is 9.53 Å². The second kappa shape index (κ2) is 9.91. The zero-order valence-corrected chi connectivity index (χ0v) is 18.8. The second-order valence-electron chi connectivity index (χ2n) is 5.75. The van der Waals surface area contributed by atoms with Gasteiger partial charge in [-0.3, -0.25) is 4.79 Å². The number of carbonyl (C=O) groups is 1. The smallest absolute Gasteiger partial charge is 0.234 e. The van der Waals surface area contributed by atoms with Crippen LogP contribution in [0.3, 0.4) is 0 Å². The Morgan fingerprint density at radius 2 is 1.83 bits per heavy atom. The van der Waals surface area contributed by atoms with Gasteiger partial charge in [-0.2, -0.15) is 0 Å². The molecule has 3 aromatic rings. The van der Waals surface area contributed by atoms with E-state index in [2.05, 4.69) is 15.5 Å². The van der Waals surface area contributed by atoms with Gasteiger partial charge in [-0.1, -0.05) is 64.2 Å². The van der Waals surface area contributed by atoms with Crippen LogP contribution in [0.4, 0.5) is 5.69 Å². The zero-order valence-electron chi connectivity index (χ0n) is 15.0. The fourth-order valence-corrected chi connectivity index (χ4v) is 3.81. The molecule has 0 aliphatic heterocycles. The molecule has 1 amide bonds. The number of hydrogen-bond donors (Lipinski definition) is 1. The van der Waals surface area contributed by atoms with E-state index in [0.29, 0.717) is 42.5 Å². The van der Waals surface area contributed by atoms with E-state index >= 15 is 0 Å². The normalized spacial score (nSPS) is 10.8. The molecular weight excluding hydrogens is 478 g/mol. The van der Waals surface area contributed by atoms with Crippen molar-refractivity contribution in [1.29, 1.82) is 0 Å². The summed E-state index contributed by atoms with van der Waals surface area (Å²) < 4.78 is 7.41. The molecule has 1 aromatic heterocycles. The fraction of sp³-hybridized carbons (Fsp3) is 0.167. The lowest BCUT2D eigenvalue weighted by molar-refractivity contribution is -0.113. The molecule has 0 saturated carbocycles. The van der Waals surface area contributed by atoms with E-state index in [4.69, 9.17) is 51.1 Å². The Kier molecular flexibility index (Phi) is 7.54. The van der Waals surface area contributed by atoms with E-state index in [0.717, 1.165) is 0 Å². The van der Waals surface area contributed by atoms with E-state index in [1.165, 1.54) is 11.8 Å². The first kappa shape index (κ1) is 22.1. The zero-order chi connectivity index (χ0) is 21.0. The van der Waals surface area contributed by atoms with Gasteiger partial charge in [0.05, 0.1) is 26.5 Å². The topological polar surface area (TPSA) is 69.0 Å². The van der Waals surface area contributed by atoms with Crippen molar-refractivity contribution in [3.63, 3.8) is 0 Å². The van der Waals surface area contributed by atoms with Gasteiger partial charge < -0.3 is 14.6 Å². The molecule has 0 radical (unpaired) electrons. The highest BCUT2D eigenvalue weighted by Crippen LogP contribution is 2.30. The summed E-state index contributed by atoms with van der Waals surface area (Å²) in [6.45, 7) is 0.144. The minimum Gasteiger partial charge on any atom is -0.484 e. The number of aromatic nitrogens is 3. The molecule has 0 bridgehead atoms. The van der Waals surface area contributed by atoms with E-state index in [9.17, 15) is 4.79 Å². The van der Waals surface area contributed by atoms with Crippen molar-refractivity contribution in [2.24, 2.45) is 7.05 Å². The van der Waals surface area contributed by atoms with Crippen molar-refractivity contribution in [2.75, 3.05) is 11.1 Å². The standard InChI is InChI=1S/C18H14Cl4N4O2S/c1-26-15(8-28-14-7-10(19)5-6-11(14)20)24-25-18(26)29-9-16(27)23-17-12(21)3-2-4-13(17)22/h2-7H,8-9H2,1H3,(H,23,27). The van der Waals surface area contributed by atoms with Crippen LogP contribution in [0.2, 0.25) is 20.1 Å². The maximum atomic E-state index is 12.2. The molecule has 1 N–H and O–H groups in total. The van der Waals surface area contributed by atoms with Crippen molar-refractivity contribution >= 4 is 69.8 Å². The molecule has 6 nitrogen and oxygen atoms in total. The van der Waals surface area contributed by atoms with Crippen LogP contribution in [0.25, 0.3) is 0 Å². The van der Waals surface area contributed by atoms with E-state index in [-0.39, 0.29) is 18.3 Å². The third-order valence-electron chi connectivity index (χ3n) is 3.73. The number of carbonyl (C=O) groups excluding carboxylic acids is 1. The Morgan fingerprint density at radius 1 is 1.10 bits per heavy atom. The first-order valence-electron chi connectivity index (χ1n) is 8.18. The number of benzene rings is 2. The number of ether oxygens (including phenoxy) is 1. The van der Waals surface area contributed by atoms with Gasteiger partial charge in [0.25, 0.3) is 0 Å². The molecule has 0 aliphatic rings. The van der Waals surface area contributed by atoms with Crippen LogP contribution in [0.5, 0.6) is 5.75 Å². The summed E-state index contributed by atoms with van der Waals surface area (Å²) in [5.41, 5.74) is 0.381. The summed E-state index contributed by atoms with van der Waals surface area (Å²) in [5.74, 6) is 0.857. The molecule has 1 heterocycles. The number of halogens is 4. The summed E-state index contributed by atoms with van der Waals surface area (Å²) in [6.07, 6.45) is 0. The molecule has 152 valence electrons. The minimum absolute atomic E-state index is 0.106. The van der Waals surface area contributed by atoms with Crippen molar-refractivity contribution in [3.05, 3.63) is 62.3 Å². The van der Waals surface area contributed by atoms with E-state index < -0.39 is 0 Å². The van der Waals surface area contributed by atoms with Gasteiger partial charge >= 0.3 is 0 Å². The average molecular weight is 492 g/mol. The lowest BCUT2D eigenvalue weighted by atomic mass is 10.3. The van der Waals surface area contributed by atoms with Crippen LogP contribution in [0.1, 0.15) is 5.82 Å². The van der Waals surface area contributed by atoms with Crippen LogP contribution in [-0.2, 0) is 18.4 Å². The summed E-state index contributed by atoms with van der Waals surface area (Å²) in [5, 5.41) is 13.1. The molecule has 0 unspecified atom stereocenters. The lowest BCUT2D eigenvalue weighted by Crippen LogP contribution is -2.15. The molecular formula is C18H14Cl4N4O2S. The Labute approximate surface area is 191 Å². The third-order valence-corrected chi connectivity index (χ3v) is 5.93. The van der Waals surface area contributed by atoms with Crippen molar-refractivity contribution in [3.8, 4) is 5.75 Å². The molecule has 29 heavy (non-hydrogen) atoms. The molecule has 11 heteroatoms. The van der Waals surface area contributed by atoms with Crippen LogP contribution in [-0.4, -0.2) is 26.4 Å². The van der Waals surface area contributed by atoms with Gasteiger partial charge in [0.15, 0.2) is 11.0 Å². The van der Waals surface area contributed by atoms with Crippen LogP contribution >= 0.6 is 58.2 Å². The number of para-hydroxylation sites is 1. The fourth-order valence-electron chi connectivity index (χ4n) is 2.25. The van der Waals surface area contributed by atoms with Crippen LogP contribution < -0.4 is 10.1 Å². The number of nitrogens with zero attached hydrogens (tertiary/aromatic N) is 3. The third kappa shape index (κ3) is 5.71. The number of nitrogens with one attached hydrogen (secondary N) is 1. The highest BCUT2D eigenvalue weighted by Gasteiger charge is 2.14. The monoisotopic (exact) mass is 490 g/mol. The van der Waals surface area contributed by atoms with Gasteiger partial charge in [-0.15, -0.1) is 10.2 Å². The molecule has 3 rings (SSSR count). The molecule has 0 spiro atoms. The highest BCUT2D eigenvalue weighted by atomic mass is 35.5. The Morgan fingerprint density at radius 3 is 2.55 bits per heavy atom. The maximum Gasteiger partial charge on any atom is 0.234 e. The van der Waals surface area contributed by atoms with Crippen LogP contribution in [0, 0.1) is 0 Å². The molecule has 0 atom stereocenters. The quantitative estimate of drug-likeness (QED) is 0.427. The van der Waals surface area contributed by atoms with Crippen molar-refractivity contribution in [1.82, 2.24) is 14.8 Å². The summed E-state index contributed by atoms with van der Waals surface area (Å²) in [7, 11) is 1.78. The number of thioether (sulfide) groups is 1. The minimum atomic E-state index is -0.267. The number of amides is 1. The highest BCUT2D eigenvalue weighted by molar-refractivity contribution is 7.99. The van der Waals surface area contributed by atoms with Gasteiger partial charge in [0, 0.05) is 18.1 Å². The summed E-state index contributed by atoms with van der Waals surface area (Å²) >= 11 is 25.4. The van der Waals surface area contributed by atoms with Gasteiger partial charge in [-0.25, -0.2) is 0 Å². The van der Waals surface area contributed by atoms with Crippen LogP contribution in [0.15, 0.2) is 41.6 Å². The van der Waals surface area contributed by atoms with E-state index in [1.54, 1.807) is 48.0 Å². The van der Waals surface area contributed by atoms with E-state index in [1.807, 2.05) is 0 Å². The molecule has 0 aliphatic carbocycles. The second-order valence-corrected chi connectivity index (χ2v) is 8.36. The predicted octanol–water partition coefficient (Wildman–Crippen LogP) is 5.74. The predicted molar refractivity (Wildman–Crippen MR) is 118 cm³/mol. The number of hydrogen-bond acceptors (Lipinski definition) is 5. The van der Waals surface area contributed by atoms with Crippen molar-refractivity contribution in [2.45, 2.75) is 11.8 Å². The first-order valence-corrected chi connectivity index (χ1v) is 10.7. The summed E-state index contributed by atoms with van der Waals surface area (Å²) in [6, 6.07) is 9.96. The SMILES string of the molecule is Cn1c(COc2cc(Cl)ccc2Cl)nnc1SCC(=O)Nc1c(Cl)cccc1Cl. The lowest BCUT2D eigenvalue weighted by Gasteiger charge is -2.09. The maximum absolute atomic E-state index is 12.2. The number of anilines is 1. The Bertz CT molecular complexity index is 1020. The molecule has 2 aromatic carbocycles. The molecule has 0 saturated heterocycles. The summed E-state index contributed by atoms with van der Waals surface area (Å²) in [4.78, 5) is 12.2. The Hall–Kier alpha value is -1.64. The van der Waals surface area contributed by atoms with Gasteiger partial charge in [-0.05, 0) is 24.3 Å².